The van der Waals surface area contributed by atoms with Crippen LogP contribution >= 0.6 is 0 Å². The van der Waals surface area contributed by atoms with Crippen LogP contribution in [0.25, 0.3) is 10.9 Å². The van der Waals surface area contributed by atoms with Gasteiger partial charge in [-0.2, -0.15) is 0 Å². The molecule has 1 saturated heterocycles. The smallest absolute Gasteiger partial charge is 0.0746 e. The van der Waals surface area contributed by atoms with Crippen molar-refractivity contribution in [3.05, 3.63) is 42.1 Å². The fraction of sp³-hybridized carbons (Fsp3) is 0.571. The summed E-state index contributed by atoms with van der Waals surface area (Å²) in [4.78, 5) is 9.67. The molecule has 136 valence electrons. The lowest BCUT2D eigenvalue weighted by Gasteiger charge is -2.44. The second-order valence-corrected chi connectivity index (χ2v) is 8.42. The van der Waals surface area contributed by atoms with Gasteiger partial charge in [0.2, 0.25) is 0 Å². The highest BCUT2D eigenvalue weighted by Crippen LogP contribution is 2.23. The number of nitrogens with zero attached hydrogens (tertiary/aromatic N) is 3. The Morgan fingerprint density at radius 3 is 2.72 bits per heavy atom. The molecule has 0 saturated carbocycles. The summed E-state index contributed by atoms with van der Waals surface area (Å²) in [5.74, 6) is 0. The van der Waals surface area contributed by atoms with E-state index in [-0.39, 0.29) is 12.0 Å². The highest BCUT2D eigenvalue weighted by atomic mass is 16.3. The number of hydrogen-bond donors (Lipinski definition) is 1. The number of fused-ring (bicyclic) bond motifs is 1. The van der Waals surface area contributed by atoms with Crippen LogP contribution < -0.4 is 0 Å². The van der Waals surface area contributed by atoms with Gasteiger partial charge in [0.15, 0.2) is 0 Å². The van der Waals surface area contributed by atoms with E-state index >= 15 is 0 Å². The first-order valence-corrected chi connectivity index (χ1v) is 9.36. The molecular formula is C21H31N3O. The van der Waals surface area contributed by atoms with E-state index in [0.29, 0.717) is 6.04 Å². The van der Waals surface area contributed by atoms with Crippen LogP contribution in [0.15, 0.2) is 36.5 Å². The molecule has 0 radical (unpaired) electrons. The predicted octanol–water partition coefficient (Wildman–Crippen LogP) is 3.15. The number of pyridine rings is 1. The summed E-state index contributed by atoms with van der Waals surface area (Å²) >= 11 is 0. The maximum Gasteiger partial charge on any atom is 0.0746 e. The van der Waals surface area contributed by atoms with Crippen LogP contribution in [-0.2, 0) is 6.54 Å². The van der Waals surface area contributed by atoms with Crippen LogP contribution in [0.4, 0.5) is 0 Å². The molecule has 3 rings (SSSR count). The van der Waals surface area contributed by atoms with Crippen LogP contribution in [0.5, 0.6) is 0 Å². The van der Waals surface area contributed by atoms with Crippen LogP contribution in [0.2, 0.25) is 0 Å². The quantitative estimate of drug-likeness (QED) is 0.907. The first-order chi connectivity index (χ1) is 12.0. The highest BCUT2D eigenvalue weighted by Gasteiger charge is 2.29. The number of aliphatic hydroxyl groups is 1. The van der Waals surface area contributed by atoms with Crippen molar-refractivity contribution in [2.45, 2.75) is 39.8 Å². The van der Waals surface area contributed by atoms with Crippen LogP contribution in [0.3, 0.4) is 0 Å². The van der Waals surface area contributed by atoms with E-state index in [1.54, 1.807) is 0 Å². The summed E-state index contributed by atoms with van der Waals surface area (Å²) in [5, 5.41) is 10.7. The number of benzene rings is 1. The molecule has 1 N–H and O–H groups in total. The Bertz CT molecular complexity index is 690. The van der Waals surface area contributed by atoms with Crippen LogP contribution in [0.1, 0.15) is 32.8 Å². The van der Waals surface area contributed by atoms with Crippen molar-refractivity contribution >= 4 is 10.9 Å². The predicted molar refractivity (Wildman–Crippen MR) is 104 cm³/mol. The third-order valence-corrected chi connectivity index (χ3v) is 4.94. The molecule has 25 heavy (non-hydrogen) atoms. The second-order valence-electron chi connectivity index (χ2n) is 8.42. The molecule has 1 fully saturated rings. The van der Waals surface area contributed by atoms with E-state index in [1.165, 1.54) is 10.9 Å². The largest absolute Gasteiger partial charge is 0.396 e. The van der Waals surface area contributed by atoms with Crippen molar-refractivity contribution < 1.29 is 5.11 Å². The van der Waals surface area contributed by atoms with Gasteiger partial charge in [-0.25, -0.2) is 0 Å². The van der Waals surface area contributed by atoms with Crippen molar-refractivity contribution in [2.75, 3.05) is 32.8 Å². The van der Waals surface area contributed by atoms with Crippen molar-refractivity contribution in [3.63, 3.8) is 0 Å². The maximum atomic E-state index is 9.50. The minimum atomic E-state index is 0.259. The topological polar surface area (TPSA) is 39.6 Å². The number of rotatable bonds is 5. The average Bonchev–Trinajstić information content (AvgIpc) is 2.57. The summed E-state index contributed by atoms with van der Waals surface area (Å²) in [7, 11) is 0. The van der Waals surface area contributed by atoms with Crippen molar-refractivity contribution in [1.82, 2.24) is 14.8 Å². The third-order valence-electron chi connectivity index (χ3n) is 4.94. The number of aromatic nitrogens is 1. The summed E-state index contributed by atoms with van der Waals surface area (Å²) in [6.45, 7) is 12.3. The molecular weight excluding hydrogens is 310 g/mol. The lowest BCUT2D eigenvalue weighted by molar-refractivity contribution is 0.0341. The van der Waals surface area contributed by atoms with E-state index in [2.05, 4.69) is 59.8 Å². The SMILES string of the molecule is CC(C)(C)CN1CCN(Cc2cccc3cccnc23)C[C@@H]1CCO. The molecule has 2 heterocycles. The molecule has 4 nitrogen and oxygen atoms in total. The van der Waals surface area contributed by atoms with Crippen molar-refractivity contribution in [2.24, 2.45) is 5.41 Å². The second kappa shape index (κ2) is 7.81. The zero-order chi connectivity index (χ0) is 17.9. The lowest BCUT2D eigenvalue weighted by Crippen LogP contribution is -2.54. The Morgan fingerprint density at radius 2 is 1.96 bits per heavy atom. The molecule has 1 aliphatic rings. The van der Waals surface area contributed by atoms with Gasteiger partial charge in [-0.1, -0.05) is 45.0 Å². The molecule has 1 aliphatic heterocycles. The monoisotopic (exact) mass is 341 g/mol. The molecule has 0 unspecified atom stereocenters. The number of piperazine rings is 1. The summed E-state index contributed by atoms with van der Waals surface area (Å²) in [6.07, 6.45) is 2.72. The number of para-hydroxylation sites is 1. The van der Waals surface area contributed by atoms with Crippen LogP contribution in [-0.4, -0.2) is 58.7 Å². The van der Waals surface area contributed by atoms with Gasteiger partial charge in [-0.3, -0.25) is 14.8 Å². The van der Waals surface area contributed by atoms with E-state index in [4.69, 9.17) is 0 Å². The highest BCUT2D eigenvalue weighted by molar-refractivity contribution is 5.81. The zero-order valence-electron chi connectivity index (χ0n) is 15.8. The molecule has 0 aliphatic carbocycles. The molecule has 1 atom stereocenters. The van der Waals surface area contributed by atoms with E-state index < -0.39 is 0 Å². The minimum Gasteiger partial charge on any atom is -0.396 e. The Hall–Kier alpha value is -1.49. The Morgan fingerprint density at radius 1 is 1.16 bits per heavy atom. The first kappa shape index (κ1) is 18.3. The number of hydrogen-bond acceptors (Lipinski definition) is 4. The molecule has 2 aromatic rings. The van der Waals surface area contributed by atoms with Gasteiger partial charge in [-0.05, 0) is 23.5 Å². The van der Waals surface area contributed by atoms with E-state index in [0.717, 1.165) is 44.7 Å². The first-order valence-electron chi connectivity index (χ1n) is 9.36. The molecule has 4 heteroatoms. The van der Waals surface area contributed by atoms with Gasteiger partial charge in [-0.15, -0.1) is 0 Å². The zero-order valence-corrected chi connectivity index (χ0v) is 15.8. The molecule has 0 amide bonds. The Kier molecular flexibility index (Phi) is 5.72. The molecule has 0 bridgehead atoms. The van der Waals surface area contributed by atoms with Gasteiger partial charge in [0, 0.05) is 57.0 Å². The normalized spacial score (nSPS) is 20.2. The van der Waals surface area contributed by atoms with Crippen molar-refractivity contribution in [3.8, 4) is 0 Å². The maximum absolute atomic E-state index is 9.50. The molecule has 1 aromatic heterocycles. The van der Waals surface area contributed by atoms with Crippen molar-refractivity contribution in [1.29, 1.82) is 0 Å². The lowest BCUT2D eigenvalue weighted by atomic mass is 9.94. The standard InChI is InChI=1S/C21H31N3O/c1-21(2,3)16-24-12-11-23(15-19(24)9-13-25)14-18-7-4-6-17-8-5-10-22-20(17)18/h4-8,10,19,25H,9,11-16H2,1-3H3/t19-/m0/s1. The Balaban J connectivity index is 1.71. The third kappa shape index (κ3) is 4.78. The van der Waals surface area contributed by atoms with Gasteiger partial charge in [0.05, 0.1) is 5.52 Å². The minimum absolute atomic E-state index is 0.259. The fourth-order valence-electron chi connectivity index (χ4n) is 3.88. The van der Waals surface area contributed by atoms with E-state index in [1.807, 2.05) is 12.3 Å². The van der Waals surface area contributed by atoms with Gasteiger partial charge < -0.3 is 5.11 Å². The van der Waals surface area contributed by atoms with Crippen LogP contribution in [0, 0.1) is 5.41 Å². The van der Waals surface area contributed by atoms with Gasteiger partial charge in [0.1, 0.15) is 0 Å². The molecule has 1 aromatic carbocycles. The van der Waals surface area contributed by atoms with E-state index in [9.17, 15) is 5.11 Å². The molecule has 0 spiro atoms. The van der Waals surface area contributed by atoms with Gasteiger partial charge >= 0.3 is 0 Å². The number of aliphatic hydroxyl groups excluding tert-OH is 1. The summed E-state index contributed by atoms with van der Waals surface area (Å²) in [6, 6.07) is 11.0. The summed E-state index contributed by atoms with van der Waals surface area (Å²) < 4.78 is 0. The van der Waals surface area contributed by atoms with Gasteiger partial charge in [0.25, 0.3) is 0 Å². The average molecular weight is 341 g/mol. The summed E-state index contributed by atoms with van der Waals surface area (Å²) in [5.41, 5.74) is 2.70. The Labute approximate surface area is 151 Å². The fourth-order valence-corrected chi connectivity index (χ4v) is 3.88.